The molecule has 0 amide bonds. The van der Waals surface area contributed by atoms with Crippen LogP contribution >= 0.6 is 11.6 Å². The van der Waals surface area contributed by atoms with Gasteiger partial charge in [0.1, 0.15) is 11.9 Å². The van der Waals surface area contributed by atoms with Gasteiger partial charge in [0.25, 0.3) is 0 Å². The molecule has 0 radical (unpaired) electrons. The van der Waals surface area contributed by atoms with Crippen LogP contribution in [0.25, 0.3) is 11.5 Å². The van der Waals surface area contributed by atoms with Crippen molar-refractivity contribution in [3.63, 3.8) is 0 Å². The first-order valence-corrected chi connectivity index (χ1v) is 8.74. The summed E-state index contributed by atoms with van der Waals surface area (Å²) in [5.41, 5.74) is 1.92. The molecule has 27 heavy (non-hydrogen) atoms. The number of halogens is 2. The molecule has 0 saturated carbocycles. The van der Waals surface area contributed by atoms with Crippen LogP contribution in [0.1, 0.15) is 17.5 Å². The quantitative estimate of drug-likeness (QED) is 0.481. The first-order valence-electron chi connectivity index (χ1n) is 8.36. The summed E-state index contributed by atoms with van der Waals surface area (Å²) in [6.07, 6.45) is 0. The van der Waals surface area contributed by atoms with E-state index < -0.39 is 6.04 Å². The van der Waals surface area contributed by atoms with Gasteiger partial charge in [0.05, 0.1) is 0 Å². The number of rotatable bonds is 5. The minimum atomic E-state index is -0.658. The zero-order chi connectivity index (χ0) is 18.6. The number of benzene rings is 3. The van der Waals surface area contributed by atoms with Gasteiger partial charge in [-0.1, -0.05) is 54.1 Å². The molecular formula is C21H15ClFN3O. The van der Waals surface area contributed by atoms with Gasteiger partial charge >= 0.3 is 0 Å². The van der Waals surface area contributed by atoms with E-state index in [1.54, 1.807) is 30.3 Å². The fraction of sp³-hybridized carbons (Fsp3) is 0.0476. The van der Waals surface area contributed by atoms with E-state index >= 15 is 0 Å². The normalized spacial score (nSPS) is 11.9. The van der Waals surface area contributed by atoms with Crippen LogP contribution < -0.4 is 5.32 Å². The SMILES string of the molecule is Fc1ccccc1[C@@H](Nc1cccc(Cl)c1)c1nnc(-c2ccccc2)o1. The van der Waals surface area contributed by atoms with Crippen LogP contribution in [0.2, 0.25) is 5.02 Å². The number of nitrogens with zero attached hydrogens (tertiary/aromatic N) is 2. The lowest BCUT2D eigenvalue weighted by Crippen LogP contribution is -2.14. The van der Waals surface area contributed by atoms with Crippen molar-refractivity contribution in [3.8, 4) is 11.5 Å². The van der Waals surface area contributed by atoms with E-state index in [1.165, 1.54) is 6.07 Å². The van der Waals surface area contributed by atoms with Crippen LogP contribution in [0, 0.1) is 5.82 Å². The Bertz CT molecular complexity index is 1050. The second kappa shape index (κ2) is 7.60. The van der Waals surface area contributed by atoms with Gasteiger partial charge in [0.15, 0.2) is 0 Å². The Morgan fingerprint density at radius 3 is 2.44 bits per heavy atom. The first kappa shape index (κ1) is 17.2. The standard InChI is InChI=1S/C21H15ClFN3O/c22-15-9-6-10-16(13-15)24-19(17-11-4-5-12-18(17)23)21-26-25-20(27-21)14-7-2-1-3-8-14/h1-13,19,24H/t19-/m1/s1. The van der Waals surface area contributed by atoms with Gasteiger partial charge in [-0.25, -0.2) is 4.39 Å². The van der Waals surface area contributed by atoms with Crippen molar-refractivity contribution in [1.82, 2.24) is 10.2 Å². The topological polar surface area (TPSA) is 51.0 Å². The molecule has 0 aliphatic heterocycles. The molecule has 0 fully saturated rings. The number of aromatic nitrogens is 2. The highest BCUT2D eigenvalue weighted by molar-refractivity contribution is 6.30. The predicted octanol–water partition coefficient (Wildman–Crippen LogP) is 5.73. The van der Waals surface area contributed by atoms with Crippen LogP contribution in [0.15, 0.2) is 83.3 Å². The summed E-state index contributed by atoms with van der Waals surface area (Å²) >= 11 is 6.07. The van der Waals surface area contributed by atoms with E-state index in [0.29, 0.717) is 16.5 Å². The van der Waals surface area contributed by atoms with Crippen LogP contribution in [0.3, 0.4) is 0 Å². The predicted molar refractivity (Wildman–Crippen MR) is 103 cm³/mol. The van der Waals surface area contributed by atoms with Gasteiger partial charge in [0, 0.05) is 21.8 Å². The van der Waals surface area contributed by atoms with Gasteiger partial charge < -0.3 is 9.73 Å². The van der Waals surface area contributed by atoms with E-state index in [0.717, 1.165) is 11.3 Å². The minimum Gasteiger partial charge on any atom is -0.418 e. The first-order chi connectivity index (χ1) is 13.2. The average Bonchev–Trinajstić information content (AvgIpc) is 3.18. The molecule has 0 unspecified atom stereocenters. The molecule has 4 nitrogen and oxygen atoms in total. The molecule has 1 N–H and O–H groups in total. The van der Waals surface area contributed by atoms with E-state index in [1.807, 2.05) is 42.5 Å². The minimum absolute atomic E-state index is 0.263. The molecule has 3 aromatic carbocycles. The molecule has 0 spiro atoms. The highest BCUT2D eigenvalue weighted by atomic mass is 35.5. The molecule has 4 rings (SSSR count). The van der Waals surface area contributed by atoms with Crippen LogP contribution in [0.4, 0.5) is 10.1 Å². The number of hydrogen-bond acceptors (Lipinski definition) is 4. The average molecular weight is 380 g/mol. The van der Waals surface area contributed by atoms with Gasteiger partial charge in [-0.2, -0.15) is 0 Å². The fourth-order valence-corrected chi connectivity index (χ4v) is 2.97. The number of hydrogen-bond donors (Lipinski definition) is 1. The van der Waals surface area contributed by atoms with Crippen LogP contribution in [-0.2, 0) is 0 Å². The smallest absolute Gasteiger partial charge is 0.247 e. The van der Waals surface area contributed by atoms with Gasteiger partial charge in [-0.3, -0.25) is 0 Å². The van der Waals surface area contributed by atoms with Crippen molar-refractivity contribution >= 4 is 17.3 Å². The summed E-state index contributed by atoms with van der Waals surface area (Å²) in [4.78, 5) is 0. The van der Waals surface area contributed by atoms with Gasteiger partial charge in [-0.15, -0.1) is 10.2 Å². The summed E-state index contributed by atoms with van der Waals surface area (Å²) in [6, 6.07) is 22.4. The molecule has 134 valence electrons. The van der Waals surface area contributed by atoms with E-state index in [9.17, 15) is 4.39 Å². The van der Waals surface area contributed by atoms with Gasteiger partial charge in [-0.05, 0) is 36.4 Å². The van der Waals surface area contributed by atoms with Crippen molar-refractivity contribution in [2.75, 3.05) is 5.32 Å². The second-order valence-corrected chi connectivity index (χ2v) is 6.36. The van der Waals surface area contributed by atoms with Crippen LogP contribution in [-0.4, -0.2) is 10.2 Å². The Labute approximate surface area is 160 Å². The maximum atomic E-state index is 14.5. The van der Waals surface area contributed by atoms with Crippen molar-refractivity contribution in [2.45, 2.75) is 6.04 Å². The highest BCUT2D eigenvalue weighted by Crippen LogP contribution is 2.30. The summed E-state index contributed by atoms with van der Waals surface area (Å²) < 4.78 is 20.3. The Balaban J connectivity index is 1.74. The number of nitrogens with one attached hydrogen (secondary N) is 1. The third kappa shape index (κ3) is 3.83. The van der Waals surface area contributed by atoms with E-state index in [4.69, 9.17) is 16.0 Å². The molecule has 0 bridgehead atoms. The van der Waals surface area contributed by atoms with Crippen molar-refractivity contribution in [3.05, 3.63) is 101 Å². The summed E-state index contributed by atoms with van der Waals surface area (Å²) in [5.74, 6) is 0.273. The van der Waals surface area contributed by atoms with Crippen molar-refractivity contribution in [2.24, 2.45) is 0 Å². The zero-order valence-electron chi connectivity index (χ0n) is 14.1. The van der Waals surface area contributed by atoms with Crippen LogP contribution in [0.5, 0.6) is 0 Å². The maximum Gasteiger partial charge on any atom is 0.247 e. The molecule has 1 atom stereocenters. The van der Waals surface area contributed by atoms with Gasteiger partial charge in [0.2, 0.25) is 11.8 Å². The maximum absolute atomic E-state index is 14.5. The molecule has 1 heterocycles. The Kier molecular flexibility index (Phi) is 4.85. The number of anilines is 1. The lowest BCUT2D eigenvalue weighted by Gasteiger charge is -2.17. The molecule has 0 aliphatic carbocycles. The zero-order valence-corrected chi connectivity index (χ0v) is 14.9. The molecular weight excluding hydrogens is 365 g/mol. The third-order valence-corrected chi connectivity index (χ3v) is 4.30. The van der Waals surface area contributed by atoms with Crippen molar-refractivity contribution in [1.29, 1.82) is 0 Å². The Hall–Kier alpha value is -3.18. The summed E-state index contributed by atoms with van der Waals surface area (Å²) in [7, 11) is 0. The second-order valence-electron chi connectivity index (χ2n) is 5.92. The Morgan fingerprint density at radius 1 is 0.889 bits per heavy atom. The lowest BCUT2D eigenvalue weighted by atomic mass is 10.1. The summed E-state index contributed by atoms with van der Waals surface area (Å²) in [5, 5.41) is 12.1. The third-order valence-electron chi connectivity index (χ3n) is 4.06. The fourth-order valence-electron chi connectivity index (χ4n) is 2.78. The molecule has 1 aromatic heterocycles. The van der Waals surface area contributed by atoms with Crippen molar-refractivity contribution < 1.29 is 8.81 Å². The molecule has 6 heteroatoms. The molecule has 0 saturated heterocycles. The molecule has 4 aromatic rings. The molecule has 0 aliphatic rings. The van der Waals surface area contributed by atoms with E-state index in [2.05, 4.69) is 15.5 Å². The Morgan fingerprint density at radius 2 is 1.67 bits per heavy atom. The monoisotopic (exact) mass is 379 g/mol. The van der Waals surface area contributed by atoms with E-state index in [-0.39, 0.29) is 11.7 Å². The lowest BCUT2D eigenvalue weighted by molar-refractivity contribution is 0.485. The highest BCUT2D eigenvalue weighted by Gasteiger charge is 2.24. The summed E-state index contributed by atoms with van der Waals surface area (Å²) in [6.45, 7) is 0. The largest absolute Gasteiger partial charge is 0.418 e.